The maximum Gasteiger partial charge on any atom is 0.233 e. The number of nitrogens with one attached hydrogen (secondary N) is 1. The van der Waals surface area contributed by atoms with Crippen LogP contribution in [0, 0.1) is 0 Å². The fourth-order valence-corrected chi connectivity index (χ4v) is 3.41. The summed E-state index contributed by atoms with van der Waals surface area (Å²) in [4.78, 5) is 14.8. The summed E-state index contributed by atoms with van der Waals surface area (Å²) in [5.41, 5.74) is 0.908. The predicted molar refractivity (Wildman–Crippen MR) is 86.3 cm³/mol. The van der Waals surface area contributed by atoms with Gasteiger partial charge in [-0.3, -0.25) is 4.79 Å². The number of amides is 1. The standard InChI is InChI=1S/C15H19BrN2O.ClH/c1-18(13-5-8-17-10-13)14(19)15(6-7-15)11-3-2-4-12(16)9-11;/h2-4,9,13,17H,5-8,10H2,1H3;1H. The van der Waals surface area contributed by atoms with Crippen LogP contribution >= 0.6 is 28.3 Å². The van der Waals surface area contributed by atoms with Gasteiger partial charge in [-0.15, -0.1) is 12.4 Å². The summed E-state index contributed by atoms with van der Waals surface area (Å²) in [6.45, 7) is 1.95. The van der Waals surface area contributed by atoms with Crippen LogP contribution in [0.25, 0.3) is 0 Å². The van der Waals surface area contributed by atoms with E-state index in [1.807, 2.05) is 24.1 Å². The Morgan fingerprint density at radius 2 is 2.20 bits per heavy atom. The minimum absolute atomic E-state index is 0. The van der Waals surface area contributed by atoms with Crippen molar-refractivity contribution in [1.29, 1.82) is 0 Å². The third-order valence-electron chi connectivity index (χ3n) is 4.44. The van der Waals surface area contributed by atoms with Gasteiger partial charge in [0.2, 0.25) is 5.91 Å². The molecule has 0 aromatic heterocycles. The Morgan fingerprint density at radius 1 is 1.45 bits per heavy atom. The van der Waals surface area contributed by atoms with Crippen LogP contribution in [-0.2, 0) is 10.2 Å². The summed E-state index contributed by atoms with van der Waals surface area (Å²) in [6.07, 6.45) is 3.02. The molecule has 1 unspecified atom stereocenters. The third-order valence-corrected chi connectivity index (χ3v) is 4.93. The van der Waals surface area contributed by atoms with Gasteiger partial charge >= 0.3 is 0 Å². The number of carbonyl (C=O) groups excluding carboxylic acids is 1. The van der Waals surface area contributed by atoms with E-state index in [-0.39, 0.29) is 17.8 Å². The van der Waals surface area contributed by atoms with Gasteiger partial charge in [0.1, 0.15) is 0 Å². The fraction of sp³-hybridized carbons (Fsp3) is 0.533. The molecule has 1 N–H and O–H groups in total. The average molecular weight is 360 g/mol. The normalized spacial score (nSPS) is 23.0. The maximum absolute atomic E-state index is 12.8. The maximum atomic E-state index is 12.8. The lowest BCUT2D eigenvalue weighted by atomic mass is 9.94. The summed E-state index contributed by atoms with van der Waals surface area (Å²) < 4.78 is 1.05. The molecular weight excluding hydrogens is 340 g/mol. The SMILES string of the molecule is CN(C(=O)C1(c2cccc(Br)c2)CC1)C1CCNC1.Cl. The van der Waals surface area contributed by atoms with Gasteiger partial charge in [-0.1, -0.05) is 28.1 Å². The summed E-state index contributed by atoms with van der Waals surface area (Å²) in [7, 11) is 1.96. The number of carbonyl (C=O) groups is 1. The van der Waals surface area contributed by atoms with Gasteiger partial charge in [0.05, 0.1) is 5.41 Å². The Hall–Kier alpha value is -0.580. The molecule has 1 atom stereocenters. The highest BCUT2D eigenvalue weighted by Crippen LogP contribution is 2.50. The van der Waals surface area contributed by atoms with Crippen molar-refractivity contribution in [2.75, 3.05) is 20.1 Å². The summed E-state index contributed by atoms with van der Waals surface area (Å²) in [5, 5.41) is 3.33. The zero-order valence-electron chi connectivity index (χ0n) is 11.6. The van der Waals surface area contributed by atoms with Crippen molar-refractivity contribution >= 4 is 34.2 Å². The Balaban J connectivity index is 0.00000147. The van der Waals surface area contributed by atoms with E-state index in [1.165, 1.54) is 0 Å². The topological polar surface area (TPSA) is 32.3 Å². The molecule has 3 rings (SSSR count). The Kier molecular flexibility index (Phi) is 4.77. The van der Waals surface area contributed by atoms with Crippen molar-refractivity contribution in [3.8, 4) is 0 Å². The molecule has 20 heavy (non-hydrogen) atoms. The second-order valence-electron chi connectivity index (χ2n) is 5.66. The molecular formula is C15H20BrClN2O. The monoisotopic (exact) mass is 358 g/mol. The van der Waals surface area contributed by atoms with Crippen LogP contribution in [0.2, 0.25) is 0 Å². The van der Waals surface area contributed by atoms with Crippen LogP contribution in [0.1, 0.15) is 24.8 Å². The predicted octanol–water partition coefficient (Wildman–Crippen LogP) is 2.72. The second-order valence-corrected chi connectivity index (χ2v) is 6.57. The molecule has 1 heterocycles. The second kappa shape index (κ2) is 6.04. The first-order valence-electron chi connectivity index (χ1n) is 6.87. The van der Waals surface area contributed by atoms with Crippen LogP contribution in [0.15, 0.2) is 28.7 Å². The summed E-state index contributed by atoms with van der Waals surface area (Å²) in [5.74, 6) is 0.291. The molecule has 0 spiro atoms. The number of hydrogen-bond donors (Lipinski definition) is 1. The lowest BCUT2D eigenvalue weighted by Gasteiger charge is -2.28. The smallest absolute Gasteiger partial charge is 0.233 e. The molecule has 3 nitrogen and oxygen atoms in total. The van der Waals surface area contributed by atoms with Crippen molar-refractivity contribution in [2.45, 2.75) is 30.7 Å². The minimum atomic E-state index is -0.249. The lowest BCUT2D eigenvalue weighted by Crippen LogP contribution is -2.44. The zero-order chi connectivity index (χ0) is 13.5. The van der Waals surface area contributed by atoms with Crippen molar-refractivity contribution in [3.63, 3.8) is 0 Å². The highest BCUT2D eigenvalue weighted by Gasteiger charge is 2.53. The van der Waals surface area contributed by atoms with Gasteiger partial charge in [-0.05, 0) is 43.5 Å². The van der Waals surface area contributed by atoms with Gasteiger partial charge in [0.25, 0.3) is 0 Å². The zero-order valence-corrected chi connectivity index (χ0v) is 14.0. The molecule has 1 amide bonds. The number of likely N-dealkylation sites (N-methyl/N-ethyl adjacent to an activating group) is 1. The minimum Gasteiger partial charge on any atom is -0.341 e. The highest BCUT2D eigenvalue weighted by atomic mass is 79.9. The quantitative estimate of drug-likeness (QED) is 0.900. The number of hydrogen-bond acceptors (Lipinski definition) is 2. The van der Waals surface area contributed by atoms with Gasteiger partial charge < -0.3 is 10.2 Å². The Morgan fingerprint density at radius 3 is 2.75 bits per heavy atom. The van der Waals surface area contributed by atoms with E-state index < -0.39 is 0 Å². The molecule has 110 valence electrons. The third kappa shape index (κ3) is 2.74. The molecule has 2 aliphatic rings. The van der Waals surface area contributed by atoms with Crippen LogP contribution in [0.4, 0.5) is 0 Å². The first-order chi connectivity index (χ1) is 9.13. The number of rotatable bonds is 3. The largest absolute Gasteiger partial charge is 0.341 e. The molecule has 1 saturated carbocycles. The number of nitrogens with zero attached hydrogens (tertiary/aromatic N) is 1. The van der Waals surface area contributed by atoms with Gasteiger partial charge in [0, 0.05) is 24.1 Å². The highest BCUT2D eigenvalue weighted by molar-refractivity contribution is 9.10. The van der Waals surface area contributed by atoms with Crippen LogP contribution < -0.4 is 5.32 Å². The molecule has 0 bridgehead atoms. The first-order valence-corrected chi connectivity index (χ1v) is 7.67. The van der Waals surface area contributed by atoms with E-state index in [0.29, 0.717) is 11.9 Å². The van der Waals surface area contributed by atoms with E-state index in [0.717, 1.165) is 42.4 Å². The summed E-state index contributed by atoms with van der Waals surface area (Å²) in [6, 6.07) is 8.55. The van der Waals surface area contributed by atoms with Gasteiger partial charge in [0.15, 0.2) is 0 Å². The molecule has 2 fully saturated rings. The molecule has 1 aliphatic heterocycles. The molecule has 1 aliphatic carbocycles. The lowest BCUT2D eigenvalue weighted by molar-refractivity contribution is -0.134. The van der Waals surface area contributed by atoms with Crippen LogP contribution in [-0.4, -0.2) is 37.0 Å². The van der Waals surface area contributed by atoms with E-state index in [2.05, 4.69) is 33.4 Å². The fourth-order valence-electron chi connectivity index (χ4n) is 3.01. The van der Waals surface area contributed by atoms with Gasteiger partial charge in [-0.25, -0.2) is 0 Å². The van der Waals surface area contributed by atoms with Gasteiger partial charge in [-0.2, -0.15) is 0 Å². The van der Waals surface area contributed by atoms with E-state index in [9.17, 15) is 4.79 Å². The molecule has 1 saturated heterocycles. The van der Waals surface area contributed by atoms with Crippen molar-refractivity contribution in [1.82, 2.24) is 10.2 Å². The van der Waals surface area contributed by atoms with E-state index >= 15 is 0 Å². The van der Waals surface area contributed by atoms with E-state index in [4.69, 9.17) is 0 Å². The van der Waals surface area contributed by atoms with Crippen molar-refractivity contribution < 1.29 is 4.79 Å². The molecule has 1 aromatic rings. The Bertz CT molecular complexity index is 498. The van der Waals surface area contributed by atoms with Crippen LogP contribution in [0.3, 0.4) is 0 Å². The number of halogens is 2. The number of benzene rings is 1. The molecule has 0 radical (unpaired) electrons. The van der Waals surface area contributed by atoms with Crippen LogP contribution in [0.5, 0.6) is 0 Å². The van der Waals surface area contributed by atoms with E-state index in [1.54, 1.807) is 0 Å². The average Bonchev–Trinajstić information content (AvgIpc) is 3.05. The summed E-state index contributed by atoms with van der Waals surface area (Å²) >= 11 is 3.50. The van der Waals surface area contributed by atoms with Crippen molar-refractivity contribution in [2.24, 2.45) is 0 Å². The molecule has 1 aromatic carbocycles. The Labute approximate surface area is 134 Å². The molecule has 5 heteroatoms. The first kappa shape index (κ1) is 15.8. The van der Waals surface area contributed by atoms with Crippen molar-refractivity contribution in [3.05, 3.63) is 34.3 Å².